The molecule has 0 saturated heterocycles. The molecule has 2 aromatic carbocycles. The number of nitrogens with two attached hydrogens (primary N) is 1. The van der Waals surface area contributed by atoms with Crippen LogP contribution in [0.15, 0.2) is 46.9 Å². The van der Waals surface area contributed by atoms with Crippen molar-refractivity contribution in [1.29, 1.82) is 0 Å². The Labute approximate surface area is 113 Å². The fourth-order valence-electron chi connectivity index (χ4n) is 2.09. The van der Waals surface area contributed by atoms with Crippen molar-refractivity contribution >= 4 is 32.7 Å². The van der Waals surface area contributed by atoms with Crippen LogP contribution in [0.5, 0.6) is 0 Å². The maximum atomic E-state index is 5.82. The molecule has 3 rings (SSSR count). The number of nitrogen functional groups attached to an aromatic ring is 1. The molecule has 0 aliphatic rings. The Hall–Kier alpha value is -1.81. The van der Waals surface area contributed by atoms with E-state index in [1.165, 1.54) is 0 Å². The van der Waals surface area contributed by atoms with Crippen LogP contribution in [-0.2, 0) is 7.05 Å². The Morgan fingerprint density at radius 2 is 1.94 bits per heavy atom. The third kappa shape index (κ3) is 1.69. The van der Waals surface area contributed by atoms with Crippen molar-refractivity contribution in [2.24, 2.45) is 7.05 Å². The van der Waals surface area contributed by atoms with Gasteiger partial charge in [-0.2, -0.15) is 0 Å². The first-order valence-corrected chi connectivity index (χ1v) is 6.43. The second-order valence-corrected chi connectivity index (χ2v) is 5.08. The lowest BCUT2D eigenvalue weighted by molar-refractivity contribution is 0.958. The van der Waals surface area contributed by atoms with Crippen LogP contribution in [0.4, 0.5) is 5.69 Å². The minimum atomic E-state index is 0.754. The number of hydrogen-bond donors (Lipinski definition) is 1. The highest BCUT2D eigenvalue weighted by molar-refractivity contribution is 9.10. The summed E-state index contributed by atoms with van der Waals surface area (Å²) >= 11 is 3.56. The molecule has 0 radical (unpaired) electrons. The first-order chi connectivity index (χ1) is 8.66. The first kappa shape index (κ1) is 11.3. The van der Waals surface area contributed by atoms with E-state index in [1.54, 1.807) is 0 Å². The maximum Gasteiger partial charge on any atom is 0.142 e. The average Bonchev–Trinajstić information content (AvgIpc) is 2.68. The van der Waals surface area contributed by atoms with Crippen LogP contribution in [-0.4, -0.2) is 9.55 Å². The molecule has 0 unspecified atom stereocenters. The summed E-state index contributed by atoms with van der Waals surface area (Å²) in [6.07, 6.45) is 0. The quantitative estimate of drug-likeness (QED) is 0.698. The van der Waals surface area contributed by atoms with E-state index in [4.69, 9.17) is 5.73 Å². The summed E-state index contributed by atoms with van der Waals surface area (Å²) in [6.45, 7) is 0. The molecule has 18 heavy (non-hydrogen) atoms. The molecule has 0 aliphatic carbocycles. The number of nitrogens with zero attached hydrogens (tertiary/aromatic N) is 2. The van der Waals surface area contributed by atoms with Gasteiger partial charge in [0.25, 0.3) is 0 Å². The molecule has 0 atom stereocenters. The van der Waals surface area contributed by atoms with Gasteiger partial charge in [-0.3, -0.25) is 0 Å². The summed E-state index contributed by atoms with van der Waals surface area (Å²) in [5.74, 6) is 0.933. The zero-order valence-electron chi connectivity index (χ0n) is 9.89. The third-order valence-corrected chi connectivity index (χ3v) is 3.71. The molecule has 0 saturated carbocycles. The molecule has 0 amide bonds. The van der Waals surface area contributed by atoms with Gasteiger partial charge in [0.05, 0.1) is 11.0 Å². The Bertz CT molecular complexity index is 731. The van der Waals surface area contributed by atoms with Crippen LogP contribution in [0.25, 0.3) is 22.4 Å². The van der Waals surface area contributed by atoms with Crippen LogP contribution in [0.3, 0.4) is 0 Å². The molecule has 0 spiro atoms. The zero-order valence-corrected chi connectivity index (χ0v) is 11.5. The summed E-state index contributed by atoms with van der Waals surface area (Å²) in [5.41, 5.74) is 9.65. The normalized spacial score (nSPS) is 11.0. The second kappa shape index (κ2) is 4.14. The highest BCUT2D eigenvalue weighted by atomic mass is 79.9. The monoisotopic (exact) mass is 301 g/mol. The number of halogens is 1. The van der Waals surface area contributed by atoms with Gasteiger partial charge < -0.3 is 10.3 Å². The van der Waals surface area contributed by atoms with Crippen molar-refractivity contribution in [3.8, 4) is 11.4 Å². The van der Waals surface area contributed by atoms with Crippen LogP contribution in [0.1, 0.15) is 0 Å². The van der Waals surface area contributed by atoms with Gasteiger partial charge in [-0.1, -0.05) is 34.1 Å². The number of aryl methyl sites for hydroxylation is 1. The summed E-state index contributed by atoms with van der Waals surface area (Å²) in [7, 11) is 2.00. The number of fused-ring (bicyclic) bond motifs is 1. The van der Waals surface area contributed by atoms with Crippen molar-refractivity contribution in [2.45, 2.75) is 0 Å². The van der Waals surface area contributed by atoms with E-state index in [0.29, 0.717) is 0 Å². The van der Waals surface area contributed by atoms with Crippen molar-refractivity contribution in [2.75, 3.05) is 5.73 Å². The first-order valence-electron chi connectivity index (χ1n) is 5.63. The van der Waals surface area contributed by atoms with E-state index in [1.807, 2.05) is 43.4 Å². The van der Waals surface area contributed by atoms with Crippen LogP contribution >= 0.6 is 15.9 Å². The van der Waals surface area contributed by atoms with Crippen molar-refractivity contribution < 1.29 is 0 Å². The Kier molecular flexibility index (Phi) is 2.59. The molecule has 4 heteroatoms. The molecule has 3 nitrogen and oxygen atoms in total. The summed E-state index contributed by atoms with van der Waals surface area (Å²) in [6, 6.07) is 13.8. The van der Waals surface area contributed by atoms with E-state index >= 15 is 0 Å². The number of imidazole rings is 1. The molecular formula is C14H12BrN3. The maximum absolute atomic E-state index is 5.82. The van der Waals surface area contributed by atoms with E-state index in [9.17, 15) is 0 Å². The van der Waals surface area contributed by atoms with Gasteiger partial charge in [-0.25, -0.2) is 4.98 Å². The number of hydrogen-bond acceptors (Lipinski definition) is 2. The van der Waals surface area contributed by atoms with Crippen LogP contribution in [0, 0.1) is 0 Å². The van der Waals surface area contributed by atoms with Gasteiger partial charge in [0.1, 0.15) is 5.82 Å². The van der Waals surface area contributed by atoms with E-state index in [-0.39, 0.29) is 0 Å². The highest BCUT2D eigenvalue weighted by Gasteiger charge is 2.11. The van der Waals surface area contributed by atoms with Crippen molar-refractivity contribution in [3.05, 3.63) is 46.9 Å². The Balaban J connectivity index is 2.31. The number of anilines is 1. The van der Waals surface area contributed by atoms with Crippen molar-refractivity contribution in [3.63, 3.8) is 0 Å². The number of rotatable bonds is 1. The van der Waals surface area contributed by atoms with E-state index < -0.39 is 0 Å². The molecule has 0 fully saturated rings. The van der Waals surface area contributed by atoms with Gasteiger partial charge in [0, 0.05) is 22.8 Å². The fraction of sp³-hybridized carbons (Fsp3) is 0.0714. The molecule has 1 heterocycles. The lowest BCUT2D eigenvalue weighted by Gasteiger charge is -2.04. The van der Waals surface area contributed by atoms with E-state index in [2.05, 4.69) is 31.5 Å². The van der Waals surface area contributed by atoms with Gasteiger partial charge in [0.2, 0.25) is 0 Å². The Morgan fingerprint density at radius 3 is 2.72 bits per heavy atom. The minimum absolute atomic E-state index is 0.754. The smallest absolute Gasteiger partial charge is 0.142 e. The van der Waals surface area contributed by atoms with Gasteiger partial charge in [-0.15, -0.1) is 0 Å². The number of aromatic nitrogens is 2. The number of benzene rings is 2. The predicted molar refractivity (Wildman–Crippen MR) is 78.3 cm³/mol. The molecule has 0 aliphatic heterocycles. The van der Waals surface area contributed by atoms with Gasteiger partial charge in [-0.05, 0) is 24.3 Å². The Morgan fingerprint density at radius 1 is 1.17 bits per heavy atom. The topological polar surface area (TPSA) is 43.8 Å². The SMILES string of the molecule is Cn1c(-c2ccccc2Br)nc2ccc(N)cc21. The highest BCUT2D eigenvalue weighted by Crippen LogP contribution is 2.30. The van der Waals surface area contributed by atoms with E-state index in [0.717, 1.165) is 32.6 Å². The summed E-state index contributed by atoms with van der Waals surface area (Å²) in [4.78, 5) is 4.66. The second-order valence-electron chi connectivity index (χ2n) is 4.22. The largest absolute Gasteiger partial charge is 0.399 e. The standard InChI is InChI=1S/C14H12BrN3/c1-18-13-8-9(16)6-7-12(13)17-14(18)10-4-2-3-5-11(10)15/h2-8H,16H2,1H3. The molecule has 0 bridgehead atoms. The van der Waals surface area contributed by atoms with Gasteiger partial charge in [0.15, 0.2) is 0 Å². The molecule has 3 aromatic rings. The molecule has 1 aromatic heterocycles. The van der Waals surface area contributed by atoms with Gasteiger partial charge >= 0.3 is 0 Å². The average molecular weight is 302 g/mol. The summed E-state index contributed by atoms with van der Waals surface area (Å²) in [5, 5.41) is 0. The summed E-state index contributed by atoms with van der Waals surface area (Å²) < 4.78 is 3.10. The zero-order chi connectivity index (χ0) is 12.7. The molecule has 90 valence electrons. The lowest BCUT2D eigenvalue weighted by atomic mass is 10.2. The minimum Gasteiger partial charge on any atom is -0.399 e. The molecular weight excluding hydrogens is 290 g/mol. The molecule has 2 N–H and O–H groups in total. The predicted octanol–water partition coefficient (Wildman–Crippen LogP) is 3.59. The fourth-order valence-corrected chi connectivity index (χ4v) is 2.55. The van der Waals surface area contributed by atoms with Crippen LogP contribution < -0.4 is 5.73 Å². The lowest BCUT2D eigenvalue weighted by Crippen LogP contribution is -1.93. The van der Waals surface area contributed by atoms with Crippen molar-refractivity contribution in [1.82, 2.24) is 9.55 Å². The third-order valence-electron chi connectivity index (χ3n) is 3.02. The van der Waals surface area contributed by atoms with Crippen LogP contribution in [0.2, 0.25) is 0 Å².